The van der Waals surface area contributed by atoms with E-state index in [1.165, 1.54) is 0 Å². The van der Waals surface area contributed by atoms with E-state index in [-0.39, 0.29) is 24.5 Å². The standard InChI is InChI=1S/CH4.Cu.2H2O3S/c;;2*1-4(2)3/h1H4;;2*(H2,1,2,3)/q;+2;;/p-4. The van der Waals surface area contributed by atoms with Crippen molar-refractivity contribution in [2.24, 2.45) is 0 Å². The second-order valence-electron chi connectivity index (χ2n) is 0.408. The van der Waals surface area contributed by atoms with Crippen molar-refractivity contribution in [1.29, 1.82) is 0 Å². The normalized spacial score (nSPS) is 7.00. The molecule has 0 rings (SSSR count). The molecule has 9 heteroatoms. The van der Waals surface area contributed by atoms with Crippen LogP contribution in [0.5, 0.6) is 0 Å². The van der Waals surface area contributed by atoms with Gasteiger partial charge in [0.15, 0.2) is 0 Å². The molecule has 1 radical (unpaired) electrons. The fraction of sp³-hybridized carbons (Fsp3) is 1.00. The Labute approximate surface area is 74.1 Å². The van der Waals surface area contributed by atoms with E-state index >= 15 is 0 Å². The molecule has 0 heterocycles. The van der Waals surface area contributed by atoms with Crippen molar-refractivity contribution < 1.29 is 43.7 Å². The Morgan fingerprint density at radius 3 is 0.800 bits per heavy atom. The van der Waals surface area contributed by atoms with Crippen LogP contribution in [0.15, 0.2) is 0 Å². The van der Waals surface area contributed by atoms with Crippen LogP contribution < -0.4 is 0 Å². The van der Waals surface area contributed by atoms with Crippen LogP contribution in [0.3, 0.4) is 0 Å². The molecule has 10 heavy (non-hydrogen) atoms. The minimum absolute atomic E-state index is 0. The Balaban J connectivity index is -0.0000000300. The van der Waals surface area contributed by atoms with E-state index in [0.29, 0.717) is 0 Å². The van der Waals surface area contributed by atoms with Gasteiger partial charge in [-0.3, -0.25) is 8.42 Å². The van der Waals surface area contributed by atoms with E-state index in [1.807, 2.05) is 0 Å². The predicted molar refractivity (Wildman–Crippen MR) is 26.1 cm³/mol. The molecule has 0 aliphatic heterocycles. The average molecular weight is 240 g/mol. The SMILES string of the molecule is C.O=S([O-])[O-].O=S([O-])[O-].[Cu+2]. The molecule has 0 N–H and O–H groups in total. The monoisotopic (exact) mass is 239 g/mol. The summed E-state index contributed by atoms with van der Waals surface area (Å²) in [6, 6.07) is 0. The maximum Gasteiger partial charge on any atom is 2.00 e. The van der Waals surface area contributed by atoms with Gasteiger partial charge in [0.1, 0.15) is 0 Å². The predicted octanol–water partition coefficient (Wildman–Crippen LogP) is -1.37. The second-order valence-corrected chi connectivity index (χ2v) is 1.22. The van der Waals surface area contributed by atoms with Gasteiger partial charge in [0.25, 0.3) is 0 Å². The second kappa shape index (κ2) is 16.3. The van der Waals surface area contributed by atoms with Crippen molar-refractivity contribution in [3.05, 3.63) is 0 Å². The van der Waals surface area contributed by atoms with E-state index in [9.17, 15) is 0 Å². The van der Waals surface area contributed by atoms with Gasteiger partial charge in [-0.1, -0.05) is 7.43 Å². The van der Waals surface area contributed by atoms with Gasteiger partial charge in [-0.15, -0.1) is 22.7 Å². The van der Waals surface area contributed by atoms with Crippen LogP contribution >= 0.6 is 0 Å². The van der Waals surface area contributed by atoms with Crippen molar-refractivity contribution in [3.8, 4) is 0 Å². The van der Waals surface area contributed by atoms with Crippen molar-refractivity contribution in [2.45, 2.75) is 7.43 Å². The molecular formula is CH4CuO6S2-2. The molecule has 0 aromatic heterocycles. The molecule has 0 amide bonds. The Morgan fingerprint density at radius 2 is 0.800 bits per heavy atom. The molecule has 0 unspecified atom stereocenters. The molecule has 69 valence electrons. The molecule has 0 aromatic carbocycles. The molecule has 0 aromatic rings. The Hall–Kier alpha value is 0.659. The van der Waals surface area contributed by atoms with Gasteiger partial charge in [0, 0.05) is 0 Å². The Kier molecular flexibility index (Phi) is 36.6. The van der Waals surface area contributed by atoms with Crippen LogP contribution in [0.1, 0.15) is 7.43 Å². The first-order valence-electron chi connectivity index (χ1n) is 1.00. The fourth-order valence-corrected chi connectivity index (χ4v) is 0. The Morgan fingerprint density at radius 1 is 0.800 bits per heavy atom. The first-order valence-corrected chi connectivity index (χ1v) is 3.00. The summed E-state index contributed by atoms with van der Waals surface area (Å²) in [5.74, 6) is 0. The van der Waals surface area contributed by atoms with Crippen molar-refractivity contribution in [1.82, 2.24) is 0 Å². The van der Waals surface area contributed by atoms with Gasteiger partial charge in [0.2, 0.25) is 0 Å². The van der Waals surface area contributed by atoms with Crippen molar-refractivity contribution in [3.63, 3.8) is 0 Å². The molecule has 0 saturated carbocycles. The quantitative estimate of drug-likeness (QED) is 0.379. The van der Waals surface area contributed by atoms with Crippen LogP contribution in [0.25, 0.3) is 0 Å². The Bertz CT molecular complexity index is 73.7. The third kappa shape index (κ3) is 1170. The van der Waals surface area contributed by atoms with Gasteiger partial charge in [0.05, 0.1) is 0 Å². The summed E-state index contributed by atoms with van der Waals surface area (Å²) in [6.45, 7) is 0. The maximum atomic E-state index is 8.44. The largest absolute Gasteiger partial charge is 2.00 e. The molecule has 0 saturated heterocycles. The first kappa shape index (κ1) is 22.4. The third-order valence-corrected chi connectivity index (χ3v) is 0. The van der Waals surface area contributed by atoms with Crippen LogP contribution in [-0.2, 0) is 39.8 Å². The van der Waals surface area contributed by atoms with E-state index < -0.39 is 22.7 Å². The first-order chi connectivity index (χ1) is 3.46. The maximum absolute atomic E-state index is 8.44. The molecular weight excluding hydrogens is 236 g/mol. The van der Waals surface area contributed by atoms with Crippen molar-refractivity contribution >= 4 is 22.7 Å². The van der Waals surface area contributed by atoms with E-state index in [4.69, 9.17) is 26.6 Å². The zero-order valence-corrected chi connectivity index (χ0v) is 6.14. The van der Waals surface area contributed by atoms with Crippen LogP contribution in [0, 0.1) is 0 Å². The van der Waals surface area contributed by atoms with Gasteiger partial charge in [-0.25, -0.2) is 0 Å². The smallest absolute Gasteiger partial charge is 0.784 e. The van der Waals surface area contributed by atoms with E-state index in [0.717, 1.165) is 0 Å². The zero-order valence-electron chi connectivity index (χ0n) is 3.57. The topological polar surface area (TPSA) is 126 Å². The number of hydrogen-bond donors (Lipinski definition) is 0. The molecule has 6 nitrogen and oxygen atoms in total. The number of rotatable bonds is 0. The summed E-state index contributed by atoms with van der Waals surface area (Å²) in [5.41, 5.74) is 0. The van der Waals surface area contributed by atoms with Crippen LogP contribution in [0.2, 0.25) is 0 Å². The third-order valence-electron chi connectivity index (χ3n) is 0. The summed E-state index contributed by atoms with van der Waals surface area (Å²) in [7, 11) is 0. The summed E-state index contributed by atoms with van der Waals surface area (Å²) >= 11 is -6.22. The average Bonchev–Trinajstić information content (AvgIpc) is 1.25. The summed E-state index contributed by atoms with van der Waals surface area (Å²) in [6.07, 6.45) is 0. The summed E-state index contributed by atoms with van der Waals surface area (Å²) < 4.78 is 50.7. The van der Waals surface area contributed by atoms with Gasteiger partial charge >= 0.3 is 17.1 Å². The summed E-state index contributed by atoms with van der Waals surface area (Å²) in [4.78, 5) is 0. The van der Waals surface area contributed by atoms with E-state index in [1.54, 1.807) is 0 Å². The van der Waals surface area contributed by atoms with Gasteiger partial charge in [-0.2, -0.15) is 0 Å². The minimum atomic E-state index is -3.11. The van der Waals surface area contributed by atoms with Crippen LogP contribution in [0.4, 0.5) is 0 Å². The van der Waals surface area contributed by atoms with Gasteiger partial charge in [-0.05, 0) is 0 Å². The zero-order chi connectivity index (χ0) is 7.15. The number of hydrogen-bond acceptors (Lipinski definition) is 6. The molecule has 0 fully saturated rings. The van der Waals surface area contributed by atoms with Crippen LogP contribution in [-0.4, -0.2) is 26.6 Å². The summed E-state index contributed by atoms with van der Waals surface area (Å²) in [5, 5.41) is 0. The molecule has 0 spiro atoms. The molecule has 0 bridgehead atoms. The van der Waals surface area contributed by atoms with Crippen molar-refractivity contribution in [2.75, 3.05) is 0 Å². The fourth-order valence-electron chi connectivity index (χ4n) is 0. The molecule has 0 aliphatic carbocycles. The molecule has 0 atom stereocenters. The van der Waals surface area contributed by atoms with Gasteiger partial charge < -0.3 is 18.2 Å². The minimum Gasteiger partial charge on any atom is -0.784 e. The van der Waals surface area contributed by atoms with E-state index in [2.05, 4.69) is 0 Å². The molecule has 0 aliphatic rings.